The fourth-order valence-corrected chi connectivity index (χ4v) is 4.81. The number of furan rings is 1. The number of benzene rings is 1. The zero-order valence-corrected chi connectivity index (χ0v) is 24.7. The van der Waals surface area contributed by atoms with Crippen LogP contribution in [0.1, 0.15) is 40.2 Å². The molecule has 46 heavy (non-hydrogen) atoms. The highest BCUT2D eigenvalue weighted by Crippen LogP contribution is 2.35. The Labute approximate surface area is 263 Å². The standard InChI is InChI=1S/C24H26N4O2.2C4H4O4/c29-24(20-8-16-30-17-20)26-9-14-27-11-5-19(6-12-27)22-21-4-2-1-3-18(21)7-13-28-15-10-25-23(22)28;2*5-3(6)1-2-4(7)8/h1-4,8,10,15-17H,5-7,9,11-14H2,(H,26,29);2*1-2H,(H,5,6)(H,7,8). The van der Waals surface area contributed by atoms with Gasteiger partial charge in [0.1, 0.15) is 12.1 Å². The Hall–Kier alpha value is -5.76. The van der Waals surface area contributed by atoms with E-state index in [4.69, 9.17) is 29.8 Å². The quantitative estimate of drug-likeness (QED) is 0.226. The average Bonchev–Trinajstić information content (AvgIpc) is 3.71. The van der Waals surface area contributed by atoms with Gasteiger partial charge in [-0.1, -0.05) is 29.8 Å². The number of carboxylic acid groups (broad SMARTS) is 4. The largest absolute Gasteiger partial charge is 0.478 e. The van der Waals surface area contributed by atoms with Crippen molar-refractivity contribution in [2.45, 2.75) is 25.8 Å². The highest BCUT2D eigenvalue weighted by atomic mass is 16.4. The molecule has 1 aromatic carbocycles. The zero-order chi connectivity index (χ0) is 33.5. The van der Waals surface area contributed by atoms with Crippen molar-refractivity contribution in [3.05, 3.63) is 108 Å². The Morgan fingerprint density at radius 2 is 1.43 bits per heavy atom. The summed E-state index contributed by atoms with van der Waals surface area (Å²) in [5.74, 6) is -4.00. The predicted octanol–water partition coefficient (Wildman–Crippen LogP) is 2.78. The Morgan fingerprint density at radius 1 is 0.826 bits per heavy atom. The number of imidazole rings is 1. The molecule has 0 unspecified atom stereocenters. The number of aryl methyl sites for hydroxylation is 2. The first-order valence-electron chi connectivity index (χ1n) is 14.2. The van der Waals surface area contributed by atoms with Crippen LogP contribution in [0.3, 0.4) is 0 Å². The minimum absolute atomic E-state index is 0.0783. The molecule has 0 radical (unpaired) electrons. The number of carboxylic acids is 4. The van der Waals surface area contributed by atoms with Crippen molar-refractivity contribution in [3.8, 4) is 0 Å². The number of likely N-dealkylation sites (tertiary alicyclic amines) is 1. The maximum atomic E-state index is 12.0. The van der Waals surface area contributed by atoms with Crippen molar-refractivity contribution in [2.24, 2.45) is 0 Å². The molecule has 14 heteroatoms. The third kappa shape index (κ3) is 11.1. The molecule has 5 N–H and O–H groups in total. The van der Waals surface area contributed by atoms with Gasteiger partial charge in [0.25, 0.3) is 5.91 Å². The van der Waals surface area contributed by atoms with Gasteiger partial charge in [0.15, 0.2) is 0 Å². The molecule has 1 saturated heterocycles. The van der Waals surface area contributed by atoms with Gasteiger partial charge in [0.05, 0.1) is 11.8 Å². The van der Waals surface area contributed by atoms with E-state index in [1.54, 1.807) is 6.07 Å². The topological polar surface area (TPSA) is 212 Å². The van der Waals surface area contributed by atoms with Crippen LogP contribution in [0.5, 0.6) is 0 Å². The highest BCUT2D eigenvalue weighted by molar-refractivity contribution is 5.93. The molecule has 1 fully saturated rings. The smallest absolute Gasteiger partial charge is 0.328 e. The van der Waals surface area contributed by atoms with Crippen LogP contribution in [-0.2, 0) is 32.1 Å². The minimum atomic E-state index is -1.26. The summed E-state index contributed by atoms with van der Waals surface area (Å²) in [6.45, 7) is 4.48. The summed E-state index contributed by atoms with van der Waals surface area (Å²) < 4.78 is 7.26. The van der Waals surface area contributed by atoms with Crippen LogP contribution in [0.25, 0.3) is 5.57 Å². The molecule has 14 nitrogen and oxygen atoms in total. The number of fused-ring (bicyclic) bond motifs is 2. The molecule has 2 aromatic heterocycles. The number of hydrogen-bond donors (Lipinski definition) is 5. The molecule has 4 heterocycles. The van der Waals surface area contributed by atoms with Crippen LogP contribution < -0.4 is 5.32 Å². The predicted molar refractivity (Wildman–Crippen MR) is 164 cm³/mol. The normalized spacial score (nSPS) is 14.2. The highest BCUT2D eigenvalue weighted by Gasteiger charge is 2.24. The number of aromatic nitrogens is 2. The van der Waals surface area contributed by atoms with Crippen LogP contribution >= 0.6 is 0 Å². The molecule has 5 rings (SSSR count). The number of nitrogens with zero attached hydrogens (tertiary/aromatic N) is 3. The molecule has 242 valence electrons. The van der Waals surface area contributed by atoms with Crippen molar-refractivity contribution in [1.82, 2.24) is 19.8 Å². The summed E-state index contributed by atoms with van der Waals surface area (Å²) in [6.07, 6.45) is 12.3. The molecule has 3 aromatic rings. The summed E-state index contributed by atoms with van der Waals surface area (Å²) in [5, 5.41) is 34.2. The van der Waals surface area contributed by atoms with Crippen LogP contribution in [0.2, 0.25) is 0 Å². The molecule has 1 amide bonds. The third-order valence-corrected chi connectivity index (χ3v) is 6.89. The van der Waals surface area contributed by atoms with Gasteiger partial charge in [-0.15, -0.1) is 0 Å². The van der Waals surface area contributed by atoms with Crippen molar-refractivity contribution >= 4 is 35.4 Å². The number of carbonyl (C=O) groups is 5. The van der Waals surface area contributed by atoms with E-state index in [0.717, 1.165) is 51.3 Å². The van der Waals surface area contributed by atoms with Gasteiger partial charge < -0.3 is 39.6 Å². The number of rotatable bonds is 8. The minimum Gasteiger partial charge on any atom is -0.478 e. The van der Waals surface area contributed by atoms with Crippen LogP contribution in [0.15, 0.2) is 89.5 Å². The van der Waals surface area contributed by atoms with E-state index in [0.29, 0.717) is 36.4 Å². The maximum absolute atomic E-state index is 12.0. The zero-order valence-electron chi connectivity index (χ0n) is 24.7. The second-order valence-electron chi connectivity index (χ2n) is 9.96. The van der Waals surface area contributed by atoms with E-state index in [1.165, 1.54) is 34.8 Å². The van der Waals surface area contributed by atoms with Crippen molar-refractivity contribution in [3.63, 3.8) is 0 Å². The summed E-state index contributed by atoms with van der Waals surface area (Å²) in [7, 11) is 0. The first-order valence-corrected chi connectivity index (χ1v) is 14.2. The van der Waals surface area contributed by atoms with Gasteiger partial charge in [0, 0.05) is 75.0 Å². The van der Waals surface area contributed by atoms with Gasteiger partial charge in [-0.3, -0.25) is 4.79 Å². The monoisotopic (exact) mass is 634 g/mol. The number of aliphatic carboxylic acids is 4. The summed E-state index contributed by atoms with van der Waals surface area (Å²) in [4.78, 5) is 57.4. The van der Waals surface area contributed by atoms with Crippen LogP contribution in [0, 0.1) is 0 Å². The SMILES string of the molecule is O=C(NCCN1CCC(=C2c3ccccc3CCn3ccnc32)CC1)c1ccoc1.O=C(O)C=CC(=O)O.O=C(O)C=CC(=O)O. The van der Waals surface area contributed by atoms with E-state index < -0.39 is 23.9 Å². The van der Waals surface area contributed by atoms with Gasteiger partial charge in [-0.2, -0.15) is 0 Å². The molecule has 0 atom stereocenters. The second kappa shape index (κ2) is 17.5. The summed E-state index contributed by atoms with van der Waals surface area (Å²) in [5.41, 5.74) is 6.16. The van der Waals surface area contributed by atoms with Gasteiger partial charge in [-0.05, 0) is 36.5 Å². The second-order valence-corrected chi connectivity index (χ2v) is 9.96. The van der Waals surface area contributed by atoms with E-state index >= 15 is 0 Å². The summed E-state index contributed by atoms with van der Waals surface area (Å²) >= 11 is 0. The van der Waals surface area contributed by atoms with Crippen molar-refractivity contribution in [1.29, 1.82) is 0 Å². The lowest BCUT2D eigenvalue weighted by Gasteiger charge is -2.30. The van der Waals surface area contributed by atoms with E-state index in [9.17, 15) is 24.0 Å². The van der Waals surface area contributed by atoms with Crippen molar-refractivity contribution < 1.29 is 48.8 Å². The van der Waals surface area contributed by atoms with E-state index in [-0.39, 0.29) is 5.91 Å². The molecule has 2 aliphatic rings. The van der Waals surface area contributed by atoms with Gasteiger partial charge in [0.2, 0.25) is 0 Å². The lowest BCUT2D eigenvalue weighted by atomic mass is 9.90. The summed E-state index contributed by atoms with van der Waals surface area (Å²) in [6, 6.07) is 10.5. The Kier molecular flexibility index (Phi) is 13.2. The van der Waals surface area contributed by atoms with E-state index in [2.05, 4.69) is 45.2 Å². The number of nitrogens with one attached hydrogen (secondary N) is 1. The molecule has 2 aliphatic heterocycles. The number of carbonyl (C=O) groups excluding carboxylic acids is 1. The molecule has 0 saturated carbocycles. The first kappa shape index (κ1) is 34.7. The Morgan fingerprint density at radius 3 is 2.00 bits per heavy atom. The maximum Gasteiger partial charge on any atom is 0.328 e. The number of amides is 1. The van der Waals surface area contributed by atoms with Gasteiger partial charge >= 0.3 is 23.9 Å². The average molecular weight is 635 g/mol. The molecular formula is C32H34N4O10. The van der Waals surface area contributed by atoms with Crippen molar-refractivity contribution in [2.75, 3.05) is 26.2 Å². The molecule has 0 bridgehead atoms. The van der Waals surface area contributed by atoms with Crippen LogP contribution in [0.4, 0.5) is 0 Å². The lowest BCUT2D eigenvalue weighted by Crippen LogP contribution is -2.38. The third-order valence-electron chi connectivity index (χ3n) is 6.89. The molecule has 0 aliphatic carbocycles. The van der Waals surface area contributed by atoms with E-state index in [1.807, 2.05) is 6.20 Å². The fourth-order valence-electron chi connectivity index (χ4n) is 4.81. The number of hydrogen-bond acceptors (Lipinski definition) is 8. The first-order chi connectivity index (χ1) is 22.0. The molecule has 0 spiro atoms. The van der Waals surface area contributed by atoms with Crippen LogP contribution in [-0.4, -0.2) is 90.8 Å². The fraction of sp³-hybridized carbons (Fsp3) is 0.250. The Bertz CT molecular complexity index is 1540. The Balaban J connectivity index is 0.000000299. The lowest BCUT2D eigenvalue weighted by molar-refractivity contribution is -0.134. The number of piperidine rings is 1. The molecular weight excluding hydrogens is 600 g/mol. The van der Waals surface area contributed by atoms with Gasteiger partial charge in [-0.25, -0.2) is 24.2 Å².